The molecule has 142 valence electrons. The first-order valence-corrected chi connectivity index (χ1v) is 10.8. The minimum Gasteiger partial charge on any atom is -0.355 e. The molecule has 0 aliphatic heterocycles. The van der Waals surface area contributed by atoms with Crippen LogP contribution in [0.2, 0.25) is 5.15 Å². The quantitative estimate of drug-likeness (QED) is 0.649. The van der Waals surface area contributed by atoms with Crippen molar-refractivity contribution in [3.8, 4) is 0 Å². The van der Waals surface area contributed by atoms with Gasteiger partial charge in [-0.15, -0.1) is 0 Å². The van der Waals surface area contributed by atoms with Crippen LogP contribution in [0.25, 0.3) is 11.0 Å². The Kier molecular flexibility index (Phi) is 4.79. The molecular formula is C18H21ClN6OS. The third-order valence-electron chi connectivity index (χ3n) is 4.58. The average Bonchev–Trinajstić information content (AvgIpc) is 3.44. The first-order valence-electron chi connectivity index (χ1n) is 8.86. The largest absolute Gasteiger partial charge is 0.355 e. The van der Waals surface area contributed by atoms with Gasteiger partial charge in [-0.25, -0.2) is 23.4 Å². The molecule has 0 amide bonds. The summed E-state index contributed by atoms with van der Waals surface area (Å²) in [6.45, 7) is 3.25. The van der Waals surface area contributed by atoms with Crippen LogP contribution in [0.4, 0.5) is 11.4 Å². The minimum atomic E-state index is -2.84. The van der Waals surface area contributed by atoms with Gasteiger partial charge in [-0.2, -0.15) is 5.10 Å². The van der Waals surface area contributed by atoms with Crippen molar-refractivity contribution in [1.82, 2.24) is 14.8 Å². The van der Waals surface area contributed by atoms with Gasteiger partial charge in [0.2, 0.25) is 0 Å². The number of hydrogen-bond acceptors (Lipinski definition) is 5. The molecule has 0 bridgehead atoms. The molecule has 27 heavy (non-hydrogen) atoms. The standard InChI is InChI=1S/C18H21ClN6OS/c1-2-25-18-16(17(19)24-25)15(9-10-21-18)23-13-5-7-14(8-6-13)27(20,26)22-11-12-3-4-12/h5-10,12H,2-4,11H2,1H3,(H,21,23)(H2,20,22,26). The molecule has 1 saturated carbocycles. The molecule has 9 heteroatoms. The first-order chi connectivity index (χ1) is 13.0. The van der Waals surface area contributed by atoms with Gasteiger partial charge in [0.1, 0.15) is 9.92 Å². The zero-order valence-corrected chi connectivity index (χ0v) is 16.5. The molecule has 3 aromatic rings. The number of nitrogens with two attached hydrogens (primary N) is 1. The third kappa shape index (κ3) is 3.78. The van der Waals surface area contributed by atoms with E-state index in [1.165, 1.54) is 0 Å². The lowest BCUT2D eigenvalue weighted by Crippen LogP contribution is -2.13. The van der Waals surface area contributed by atoms with Crippen molar-refractivity contribution in [2.45, 2.75) is 31.2 Å². The molecule has 3 N–H and O–H groups in total. The van der Waals surface area contributed by atoms with Crippen molar-refractivity contribution in [2.75, 3.05) is 11.9 Å². The summed E-state index contributed by atoms with van der Waals surface area (Å²) in [5.74, 6) is 0.554. The number of pyridine rings is 1. The first kappa shape index (κ1) is 18.2. The maximum atomic E-state index is 12.6. The fourth-order valence-corrected chi connectivity index (χ4v) is 4.24. The van der Waals surface area contributed by atoms with Gasteiger partial charge in [-0.1, -0.05) is 11.6 Å². The lowest BCUT2D eigenvalue weighted by Gasteiger charge is -2.10. The van der Waals surface area contributed by atoms with Crippen LogP contribution < -0.4 is 10.5 Å². The molecule has 2 aromatic heterocycles. The molecule has 1 unspecified atom stereocenters. The number of nitrogens with one attached hydrogen (secondary N) is 1. The highest BCUT2D eigenvalue weighted by Gasteiger charge is 2.21. The van der Waals surface area contributed by atoms with Crippen molar-refractivity contribution in [3.05, 3.63) is 41.7 Å². The van der Waals surface area contributed by atoms with Gasteiger partial charge in [-0.3, -0.25) is 0 Å². The van der Waals surface area contributed by atoms with Gasteiger partial charge in [0, 0.05) is 18.4 Å². The predicted molar refractivity (Wildman–Crippen MR) is 109 cm³/mol. The summed E-state index contributed by atoms with van der Waals surface area (Å²) in [5, 5.41) is 14.7. The Morgan fingerprint density at radius 2 is 2.07 bits per heavy atom. The topological polar surface area (TPSA) is 98.2 Å². The molecule has 4 rings (SSSR count). The summed E-state index contributed by atoms with van der Waals surface area (Å²) in [5.41, 5.74) is 2.36. The van der Waals surface area contributed by atoms with Crippen molar-refractivity contribution >= 4 is 43.9 Å². The smallest absolute Gasteiger partial charge is 0.162 e. The predicted octanol–water partition coefficient (Wildman–Crippen LogP) is 3.96. The van der Waals surface area contributed by atoms with E-state index in [1.807, 2.05) is 25.1 Å². The summed E-state index contributed by atoms with van der Waals surface area (Å²) in [6.07, 6.45) is 4.02. The van der Waals surface area contributed by atoms with E-state index in [-0.39, 0.29) is 0 Å². The van der Waals surface area contributed by atoms with E-state index < -0.39 is 9.92 Å². The van der Waals surface area contributed by atoms with E-state index in [9.17, 15) is 4.21 Å². The van der Waals surface area contributed by atoms with Crippen LogP contribution in [-0.2, 0) is 16.5 Å². The third-order valence-corrected chi connectivity index (χ3v) is 6.33. The Morgan fingerprint density at radius 3 is 2.74 bits per heavy atom. The zero-order valence-electron chi connectivity index (χ0n) is 14.9. The summed E-state index contributed by atoms with van der Waals surface area (Å²) in [4.78, 5) is 4.90. The normalized spacial score (nSPS) is 16.3. The summed E-state index contributed by atoms with van der Waals surface area (Å²) < 4.78 is 18.6. The van der Waals surface area contributed by atoms with E-state index in [1.54, 1.807) is 23.0 Å². The van der Waals surface area contributed by atoms with E-state index in [4.69, 9.17) is 16.7 Å². The van der Waals surface area contributed by atoms with Gasteiger partial charge in [0.25, 0.3) is 0 Å². The van der Waals surface area contributed by atoms with Gasteiger partial charge >= 0.3 is 0 Å². The molecule has 1 fully saturated rings. The fourth-order valence-electron chi connectivity index (χ4n) is 2.86. The highest BCUT2D eigenvalue weighted by molar-refractivity contribution is 7.91. The maximum absolute atomic E-state index is 12.6. The van der Waals surface area contributed by atoms with Crippen LogP contribution in [0.15, 0.2) is 45.8 Å². The Hall–Kier alpha value is -2.16. The SMILES string of the molecule is CCn1nc(Cl)c2c(Nc3ccc(S(N)(=O)=NCC4CC4)cc3)ccnc21. The van der Waals surface area contributed by atoms with E-state index in [0.717, 1.165) is 35.2 Å². The Labute approximate surface area is 163 Å². The van der Waals surface area contributed by atoms with Gasteiger partial charge in [0.05, 0.1) is 22.5 Å². The van der Waals surface area contributed by atoms with Crippen molar-refractivity contribution < 1.29 is 4.21 Å². The molecule has 0 spiro atoms. The Bertz CT molecular complexity index is 1100. The summed E-state index contributed by atoms with van der Waals surface area (Å²) >= 11 is 6.30. The second kappa shape index (κ2) is 7.10. The number of halogens is 1. The Morgan fingerprint density at radius 1 is 1.33 bits per heavy atom. The van der Waals surface area contributed by atoms with Crippen molar-refractivity contribution in [1.29, 1.82) is 0 Å². The summed E-state index contributed by atoms with van der Waals surface area (Å²) in [6, 6.07) is 9.01. The number of rotatable bonds is 6. The van der Waals surface area contributed by atoms with Gasteiger partial charge in [-0.05, 0) is 56.0 Å². The van der Waals surface area contributed by atoms with Gasteiger partial charge < -0.3 is 5.32 Å². The highest BCUT2D eigenvalue weighted by atomic mass is 35.5. The van der Waals surface area contributed by atoms with Crippen LogP contribution in [0.3, 0.4) is 0 Å². The van der Waals surface area contributed by atoms with Crippen molar-refractivity contribution in [2.24, 2.45) is 15.4 Å². The second-order valence-electron chi connectivity index (χ2n) is 6.64. The number of nitrogens with zero attached hydrogens (tertiary/aromatic N) is 4. The number of hydrogen-bond donors (Lipinski definition) is 2. The molecule has 7 nitrogen and oxygen atoms in total. The molecular weight excluding hydrogens is 384 g/mol. The van der Waals surface area contributed by atoms with E-state index in [2.05, 4.69) is 19.8 Å². The van der Waals surface area contributed by atoms with Crippen LogP contribution in [-0.4, -0.2) is 25.5 Å². The number of aryl methyl sites for hydroxylation is 1. The number of aromatic nitrogens is 3. The van der Waals surface area contributed by atoms with Crippen LogP contribution in [0, 0.1) is 5.92 Å². The van der Waals surface area contributed by atoms with Crippen molar-refractivity contribution in [3.63, 3.8) is 0 Å². The Balaban J connectivity index is 1.60. The monoisotopic (exact) mass is 404 g/mol. The van der Waals surface area contributed by atoms with E-state index in [0.29, 0.717) is 29.1 Å². The van der Waals surface area contributed by atoms with E-state index >= 15 is 0 Å². The molecule has 0 radical (unpaired) electrons. The maximum Gasteiger partial charge on any atom is 0.162 e. The second-order valence-corrected chi connectivity index (χ2v) is 8.86. The van der Waals surface area contributed by atoms with Crippen LogP contribution >= 0.6 is 11.6 Å². The molecule has 1 aliphatic rings. The number of anilines is 2. The molecule has 0 saturated heterocycles. The van der Waals surface area contributed by atoms with Crippen LogP contribution in [0.1, 0.15) is 19.8 Å². The molecule has 1 aromatic carbocycles. The number of fused-ring (bicyclic) bond motifs is 1. The number of benzene rings is 1. The highest BCUT2D eigenvalue weighted by Crippen LogP contribution is 2.31. The average molecular weight is 405 g/mol. The lowest BCUT2D eigenvalue weighted by atomic mass is 10.2. The molecule has 1 atom stereocenters. The molecule has 2 heterocycles. The lowest BCUT2D eigenvalue weighted by molar-refractivity contribution is 0.674. The van der Waals surface area contributed by atoms with Crippen LogP contribution in [0.5, 0.6) is 0 Å². The van der Waals surface area contributed by atoms with Gasteiger partial charge in [0.15, 0.2) is 10.8 Å². The molecule has 1 aliphatic carbocycles. The zero-order chi connectivity index (χ0) is 19.0. The fraction of sp³-hybridized carbons (Fsp3) is 0.333. The summed E-state index contributed by atoms with van der Waals surface area (Å²) in [7, 11) is -2.84. The minimum absolute atomic E-state index is 0.405.